The molecule has 0 bridgehead atoms. The van der Waals surface area contributed by atoms with Crippen molar-refractivity contribution >= 4 is 11.9 Å². The summed E-state index contributed by atoms with van der Waals surface area (Å²) in [6.07, 6.45) is -1.69. The van der Waals surface area contributed by atoms with Crippen LogP contribution in [0.3, 0.4) is 0 Å². The molecule has 1 amide bonds. The lowest BCUT2D eigenvalue weighted by molar-refractivity contribution is -0.189. The molecule has 178 valence electrons. The highest BCUT2D eigenvalue weighted by Gasteiger charge is 2.45. The fourth-order valence-electron chi connectivity index (χ4n) is 3.64. The highest BCUT2D eigenvalue weighted by molar-refractivity contribution is 5.93. The topological polar surface area (TPSA) is 77.5 Å². The van der Waals surface area contributed by atoms with Crippen molar-refractivity contribution in [2.24, 2.45) is 5.92 Å². The number of ether oxygens (including phenoxy) is 2. The predicted octanol–water partition coefficient (Wildman–Crippen LogP) is 4.92. The Labute approximate surface area is 186 Å². The van der Waals surface area contributed by atoms with E-state index >= 15 is 0 Å². The Hall–Kier alpha value is -2.32. The first-order valence-electron chi connectivity index (χ1n) is 11.0. The van der Waals surface area contributed by atoms with Gasteiger partial charge in [0, 0.05) is 17.8 Å². The van der Waals surface area contributed by atoms with Crippen molar-refractivity contribution in [2.75, 3.05) is 0 Å². The van der Waals surface area contributed by atoms with Crippen molar-refractivity contribution in [3.8, 4) is 5.75 Å². The smallest absolute Gasteiger partial charge is 0.425 e. The maximum atomic E-state index is 13.0. The largest absolute Gasteiger partial charge is 0.481 e. The summed E-state index contributed by atoms with van der Waals surface area (Å²) >= 11 is 0. The van der Waals surface area contributed by atoms with Gasteiger partial charge in [-0.1, -0.05) is 0 Å². The summed E-state index contributed by atoms with van der Waals surface area (Å²) in [5, 5.41) is 2.88. The summed E-state index contributed by atoms with van der Waals surface area (Å²) in [7, 11) is 0. The molecule has 1 N–H and O–H groups in total. The first-order valence-corrected chi connectivity index (χ1v) is 11.0. The minimum atomic E-state index is -4.52. The highest BCUT2D eigenvalue weighted by atomic mass is 19.4. The summed E-state index contributed by atoms with van der Waals surface area (Å²) < 4.78 is 49.7. The number of carbonyl (C=O) groups is 2. The molecular weight excluding hydrogens is 425 g/mol. The Balaban J connectivity index is 1.78. The first-order chi connectivity index (χ1) is 14.7. The van der Waals surface area contributed by atoms with Gasteiger partial charge in [0.15, 0.2) is 6.10 Å². The zero-order valence-electron chi connectivity index (χ0n) is 19.1. The second-order valence-corrected chi connectivity index (χ2v) is 10.1. The maximum absolute atomic E-state index is 13.0. The van der Waals surface area contributed by atoms with Crippen LogP contribution in [0.15, 0.2) is 12.3 Å². The minimum Gasteiger partial charge on any atom is -0.481 e. The van der Waals surface area contributed by atoms with Gasteiger partial charge < -0.3 is 14.8 Å². The maximum Gasteiger partial charge on any atom is 0.425 e. The molecule has 6 nitrogen and oxygen atoms in total. The SMILES string of the molecule is C[C@H](Oc1cc(C(=O)NC(C)(CC(=O)OC(C)(C)C)C2CC2)ncc1C1CC1)C(F)(F)F. The van der Waals surface area contributed by atoms with E-state index in [1.54, 1.807) is 27.7 Å². The van der Waals surface area contributed by atoms with Gasteiger partial charge in [-0.05, 0) is 72.1 Å². The average Bonchev–Trinajstić information content (AvgIpc) is 3.52. The fraction of sp³-hybridized carbons (Fsp3) is 0.696. The lowest BCUT2D eigenvalue weighted by atomic mass is 9.91. The molecule has 0 aliphatic heterocycles. The van der Waals surface area contributed by atoms with E-state index < -0.39 is 35.3 Å². The van der Waals surface area contributed by atoms with Crippen LogP contribution < -0.4 is 10.1 Å². The van der Waals surface area contributed by atoms with Gasteiger partial charge in [0.25, 0.3) is 5.91 Å². The number of aromatic nitrogens is 1. The molecule has 2 aliphatic rings. The molecule has 3 rings (SSSR count). The lowest BCUT2D eigenvalue weighted by Gasteiger charge is -2.31. The van der Waals surface area contributed by atoms with Crippen molar-refractivity contribution in [3.63, 3.8) is 0 Å². The molecule has 0 spiro atoms. The summed E-state index contributed by atoms with van der Waals surface area (Å²) in [6.45, 7) is 8.03. The van der Waals surface area contributed by atoms with Crippen molar-refractivity contribution in [2.45, 2.75) is 96.1 Å². The molecule has 0 radical (unpaired) electrons. The molecule has 2 aliphatic carbocycles. The molecule has 1 aromatic heterocycles. The van der Waals surface area contributed by atoms with Crippen LogP contribution in [0.25, 0.3) is 0 Å². The molecule has 32 heavy (non-hydrogen) atoms. The number of alkyl halides is 3. The number of rotatable bonds is 8. The molecule has 1 unspecified atom stereocenters. The second-order valence-electron chi connectivity index (χ2n) is 10.1. The van der Waals surface area contributed by atoms with Gasteiger partial charge in [0.2, 0.25) is 0 Å². The monoisotopic (exact) mass is 456 g/mol. The van der Waals surface area contributed by atoms with E-state index in [0.29, 0.717) is 5.56 Å². The van der Waals surface area contributed by atoms with Crippen LogP contribution in [0.5, 0.6) is 5.75 Å². The molecule has 0 saturated heterocycles. The van der Waals surface area contributed by atoms with Crippen LogP contribution >= 0.6 is 0 Å². The third-order valence-corrected chi connectivity index (χ3v) is 5.72. The number of nitrogens with one attached hydrogen (secondary N) is 1. The van der Waals surface area contributed by atoms with Gasteiger partial charge in [-0.25, -0.2) is 0 Å². The van der Waals surface area contributed by atoms with Crippen molar-refractivity contribution in [1.82, 2.24) is 10.3 Å². The van der Waals surface area contributed by atoms with Crippen LogP contribution in [-0.4, -0.2) is 40.3 Å². The van der Waals surface area contributed by atoms with E-state index in [-0.39, 0.29) is 29.7 Å². The van der Waals surface area contributed by atoms with Gasteiger partial charge in [-0.2, -0.15) is 13.2 Å². The van der Waals surface area contributed by atoms with Crippen LogP contribution in [0.1, 0.15) is 88.7 Å². The molecule has 2 atom stereocenters. The number of nitrogens with zero attached hydrogens (tertiary/aromatic N) is 1. The average molecular weight is 457 g/mol. The number of carbonyl (C=O) groups excluding carboxylic acids is 2. The number of hydrogen-bond acceptors (Lipinski definition) is 5. The van der Waals surface area contributed by atoms with Gasteiger partial charge in [-0.3, -0.25) is 14.6 Å². The molecule has 1 aromatic rings. The van der Waals surface area contributed by atoms with Crippen molar-refractivity contribution in [3.05, 3.63) is 23.5 Å². The number of pyridine rings is 1. The van der Waals surface area contributed by atoms with E-state index in [1.165, 1.54) is 12.3 Å². The van der Waals surface area contributed by atoms with E-state index in [2.05, 4.69) is 10.3 Å². The van der Waals surface area contributed by atoms with Crippen LogP contribution in [0.4, 0.5) is 13.2 Å². The van der Waals surface area contributed by atoms with Crippen molar-refractivity contribution in [1.29, 1.82) is 0 Å². The van der Waals surface area contributed by atoms with Crippen LogP contribution in [-0.2, 0) is 9.53 Å². The summed E-state index contributed by atoms with van der Waals surface area (Å²) in [5.41, 5.74) is -0.949. The van der Waals surface area contributed by atoms with Gasteiger partial charge >= 0.3 is 12.1 Å². The van der Waals surface area contributed by atoms with E-state index in [0.717, 1.165) is 32.6 Å². The minimum absolute atomic E-state index is 0.00466. The predicted molar refractivity (Wildman–Crippen MR) is 111 cm³/mol. The molecule has 0 aromatic carbocycles. The third-order valence-electron chi connectivity index (χ3n) is 5.72. The van der Waals surface area contributed by atoms with Gasteiger partial charge in [0.05, 0.1) is 12.0 Å². The number of halogens is 3. The zero-order chi connectivity index (χ0) is 23.9. The Morgan fingerprint density at radius 3 is 2.28 bits per heavy atom. The molecular formula is C23H31F3N2O4. The zero-order valence-corrected chi connectivity index (χ0v) is 19.1. The lowest BCUT2D eigenvalue weighted by Crippen LogP contribution is -2.50. The molecule has 2 fully saturated rings. The number of hydrogen-bond donors (Lipinski definition) is 1. The first kappa shape index (κ1) is 24.3. The third kappa shape index (κ3) is 6.36. The molecule has 2 saturated carbocycles. The summed E-state index contributed by atoms with van der Waals surface area (Å²) in [6, 6.07) is 1.27. The quantitative estimate of drug-likeness (QED) is 0.562. The Morgan fingerprint density at radius 2 is 1.78 bits per heavy atom. The molecule has 9 heteroatoms. The number of amides is 1. The highest BCUT2D eigenvalue weighted by Crippen LogP contribution is 2.45. The Bertz CT molecular complexity index is 873. The summed E-state index contributed by atoms with van der Waals surface area (Å²) in [4.78, 5) is 29.6. The normalized spacial score (nSPS) is 19.6. The van der Waals surface area contributed by atoms with Crippen molar-refractivity contribution < 1.29 is 32.2 Å². The van der Waals surface area contributed by atoms with Gasteiger partial charge in [0.1, 0.15) is 17.0 Å². The standard InChI is InChI=1S/C23H31F3N2O4/c1-13(23(24,25)26)31-18-10-17(27-12-16(18)14-6-7-14)20(30)28-22(5,15-8-9-15)11-19(29)32-21(2,3)4/h10,12-15H,6-9,11H2,1-5H3,(H,28,30)/t13-,22?/m0/s1. The van der Waals surface area contributed by atoms with E-state index in [9.17, 15) is 22.8 Å². The summed E-state index contributed by atoms with van der Waals surface area (Å²) in [5.74, 6) is -0.746. The Kier molecular flexibility index (Phi) is 6.50. The Morgan fingerprint density at radius 1 is 1.16 bits per heavy atom. The number of esters is 1. The van der Waals surface area contributed by atoms with Crippen LogP contribution in [0.2, 0.25) is 0 Å². The van der Waals surface area contributed by atoms with Gasteiger partial charge in [-0.15, -0.1) is 0 Å². The second kappa shape index (κ2) is 8.56. The van der Waals surface area contributed by atoms with E-state index in [4.69, 9.17) is 9.47 Å². The van der Waals surface area contributed by atoms with E-state index in [1.807, 2.05) is 0 Å². The van der Waals surface area contributed by atoms with Crippen LogP contribution in [0, 0.1) is 5.92 Å². The molecule has 1 heterocycles. The fourth-order valence-corrected chi connectivity index (χ4v) is 3.64.